The maximum absolute atomic E-state index is 13.3. The minimum Gasteiger partial charge on any atom is -0.381 e. The van der Waals surface area contributed by atoms with Crippen LogP contribution in [0.25, 0.3) is 10.2 Å². The average Bonchev–Trinajstić information content (AvgIpc) is 3.15. The molecular formula is C20H19FN2O2S. The Labute approximate surface area is 155 Å². The van der Waals surface area contributed by atoms with Crippen LogP contribution in [0.15, 0.2) is 48.0 Å². The smallest absolute Gasteiger partial charge is 0.251 e. The highest BCUT2D eigenvalue weighted by molar-refractivity contribution is 7.16. The Bertz CT molecular complexity index is 917. The molecule has 1 N–H and O–H groups in total. The highest BCUT2D eigenvalue weighted by Crippen LogP contribution is 2.34. The number of rotatable bonds is 4. The van der Waals surface area contributed by atoms with Crippen molar-refractivity contribution in [3.63, 3.8) is 0 Å². The molecule has 0 saturated carbocycles. The van der Waals surface area contributed by atoms with Gasteiger partial charge in [-0.2, -0.15) is 0 Å². The summed E-state index contributed by atoms with van der Waals surface area (Å²) in [4.78, 5) is 16.9. The number of carbonyl (C=O) groups is 1. The van der Waals surface area contributed by atoms with Gasteiger partial charge < -0.3 is 10.1 Å². The highest BCUT2D eigenvalue weighted by atomic mass is 32.1. The van der Waals surface area contributed by atoms with Gasteiger partial charge in [0.2, 0.25) is 0 Å². The van der Waals surface area contributed by atoms with Crippen molar-refractivity contribution in [1.82, 2.24) is 10.3 Å². The Hall–Kier alpha value is -2.31. The lowest BCUT2D eigenvalue weighted by Gasteiger charge is -2.38. The van der Waals surface area contributed by atoms with Crippen LogP contribution in [0.5, 0.6) is 0 Å². The normalized spacial score (nSPS) is 16.5. The molecule has 6 heteroatoms. The first-order valence-electron chi connectivity index (χ1n) is 8.62. The Morgan fingerprint density at radius 2 is 1.96 bits per heavy atom. The number of amides is 1. The number of hydrogen-bond acceptors (Lipinski definition) is 4. The molecule has 4 nitrogen and oxygen atoms in total. The monoisotopic (exact) mass is 370 g/mol. The zero-order valence-electron chi connectivity index (χ0n) is 14.2. The van der Waals surface area contributed by atoms with Gasteiger partial charge in [-0.25, -0.2) is 9.37 Å². The van der Waals surface area contributed by atoms with Crippen molar-refractivity contribution in [3.8, 4) is 0 Å². The summed E-state index contributed by atoms with van der Waals surface area (Å²) in [6.45, 7) is 1.78. The molecule has 26 heavy (non-hydrogen) atoms. The van der Waals surface area contributed by atoms with Gasteiger partial charge in [-0.05, 0) is 48.7 Å². The van der Waals surface area contributed by atoms with E-state index in [9.17, 15) is 9.18 Å². The molecule has 4 rings (SSSR count). The third kappa shape index (κ3) is 3.34. The standard InChI is InChI=1S/C20H19FN2O2S/c21-16-4-2-15(3-5-16)20(7-9-25-10-8-20)12-22-19(24)14-1-6-17-18(11-14)26-13-23-17/h1-6,11,13H,7-10,12H2,(H,22,24). The molecule has 3 aromatic rings. The molecular weight excluding hydrogens is 351 g/mol. The number of thiazole rings is 1. The fourth-order valence-corrected chi connectivity index (χ4v) is 4.20. The molecule has 2 aromatic carbocycles. The summed E-state index contributed by atoms with van der Waals surface area (Å²) >= 11 is 1.52. The maximum Gasteiger partial charge on any atom is 0.251 e. The lowest BCUT2D eigenvalue weighted by atomic mass is 9.74. The van der Waals surface area contributed by atoms with Crippen molar-refractivity contribution in [2.24, 2.45) is 0 Å². The van der Waals surface area contributed by atoms with Crippen LogP contribution in [0.3, 0.4) is 0 Å². The Morgan fingerprint density at radius 1 is 1.19 bits per heavy atom. The molecule has 0 aliphatic carbocycles. The van der Waals surface area contributed by atoms with E-state index in [1.54, 1.807) is 11.6 Å². The number of halogens is 1. The van der Waals surface area contributed by atoms with Crippen LogP contribution in [0.2, 0.25) is 0 Å². The van der Waals surface area contributed by atoms with E-state index in [4.69, 9.17) is 4.74 Å². The highest BCUT2D eigenvalue weighted by Gasteiger charge is 2.35. The summed E-state index contributed by atoms with van der Waals surface area (Å²) in [7, 11) is 0. The summed E-state index contributed by atoms with van der Waals surface area (Å²) in [6.07, 6.45) is 1.60. The second kappa shape index (κ2) is 7.13. The number of nitrogens with one attached hydrogen (secondary N) is 1. The second-order valence-corrected chi connectivity index (χ2v) is 7.50. The van der Waals surface area contributed by atoms with E-state index in [2.05, 4.69) is 10.3 Å². The van der Waals surface area contributed by atoms with Crippen molar-refractivity contribution in [1.29, 1.82) is 0 Å². The Kier molecular flexibility index (Phi) is 4.70. The number of nitrogens with zero attached hydrogens (tertiary/aromatic N) is 1. The first kappa shape index (κ1) is 17.1. The van der Waals surface area contributed by atoms with Crippen LogP contribution in [-0.4, -0.2) is 30.6 Å². The molecule has 1 aliphatic heterocycles. The predicted octanol–water partition coefficient (Wildman–Crippen LogP) is 3.91. The van der Waals surface area contributed by atoms with Crippen molar-refractivity contribution in [2.75, 3.05) is 19.8 Å². The molecule has 0 radical (unpaired) electrons. The van der Waals surface area contributed by atoms with Crippen LogP contribution < -0.4 is 5.32 Å². The van der Waals surface area contributed by atoms with Crippen molar-refractivity contribution < 1.29 is 13.9 Å². The van der Waals surface area contributed by atoms with Crippen molar-refractivity contribution in [2.45, 2.75) is 18.3 Å². The van der Waals surface area contributed by atoms with Crippen LogP contribution in [0.4, 0.5) is 4.39 Å². The van der Waals surface area contributed by atoms with E-state index in [0.29, 0.717) is 25.3 Å². The minimum absolute atomic E-state index is 0.103. The van der Waals surface area contributed by atoms with E-state index in [1.807, 2.05) is 24.3 Å². The van der Waals surface area contributed by atoms with Gasteiger partial charge in [0, 0.05) is 30.7 Å². The first-order chi connectivity index (χ1) is 12.7. The number of aromatic nitrogens is 1. The van der Waals surface area contributed by atoms with E-state index in [1.165, 1.54) is 23.5 Å². The topological polar surface area (TPSA) is 51.2 Å². The van der Waals surface area contributed by atoms with E-state index in [0.717, 1.165) is 28.6 Å². The quantitative estimate of drug-likeness (QED) is 0.757. The summed E-state index contributed by atoms with van der Waals surface area (Å²) in [5.74, 6) is -0.355. The fourth-order valence-electron chi connectivity index (χ4n) is 3.48. The lowest BCUT2D eigenvalue weighted by molar-refractivity contribution is 0.0487. The minimum atomic E-state index is -0.252. The van der Waals surface area contributed by atoms with Crippen LogP contribution in [0, 0.1) is 5.82 Å². The molecule has 1 aliphatic rings. The van der Waals surface area contributed by atoms with Gasteiger partial charge in [-0.15, -0.1) is 11.3 Å². The second-order valence-electron chi connectivity index (χ2n) is 6.62. The number of benzene rings is 2. The maximum atomic E-state index is 13.3. The Morgan fingerprint density at radius 3 is 2.73 bits per heavy atom. The molecule has 0 atom stereocenters. The zero-order valence-corrected chi connectivity index (χ0v) is 15.0. The van der Waals surface area contributed by atoms with Gasteiger partial charge in [-0.1, -0.05) is 12.1 Å². The number of fused-ring (bicyclic) bond motifs is 1. The molecule has 0 bridgehead atoms. The van der Waals surface area contributed by atoms with Crippen LogP contribution >= 0.6 is 11.3 Å². The average molecular weight is 370 g/mol. The number of carbonyl (C=O) groups excluding carboxylic acids is 1. The number of ether oxygens (including phenoxy) is 1. The molecule has 0 spiro atoms. The summed E-state index contributed by atoms with van der Waals surface area (Å²) in [5, 5.41) is 3.08. The third-order valence-corrected chi connectivity index (χ3v) is 5.88. The molecule has 0 unspecified atom stereocenters. The SMILES string of the molecule is O=C(NCC1(c2ccc(F)cc2)CCOCC1)c1ccc2ncsc2c1. The molecule has 2 heterocycles. The van der Waals surface area contributed by atoms with Crippen LogP contribution in [0.1, 0.15) is 28.8 Å². The molecule has 134 valence electrons. The zero-order chi connectivity index (χ0) is 18.0. The van der Waals surface area contributed by atoms with Gasteiger partial charge in [0.1, 0.15) is 5.82 Å². The third-order valence-electron chi connectivity index (χ3n) is 5.09. The first-order valence-corrected chi connectivity index (χ1v) is 9.50. The van der Waals surface area contributed by atoms with Crippen molar-refractivity contribution in [3.05, 3.63) is 64.9 Å². The van der Waals surface area contributed by atoms with Gasteiger partial charge in [0.25, 0.3) is 5.91 Å². The van der Waals surface area contributed by atoms with Gasteiger partial charge in [0.05, 0.1) is 15.7 Å². The fraction of sp³-hybridized carbons (Fsp3) is 0.300. The summed E-state index contributed by atoms with van der Waals surface area (Å²) in [5.41, 5.74) is 4.12. The predicted molar refractivity (Wildman–Crippen MR) is 100 cm³/mol. The Balaban J connectivity index is 1.54. The van der Waals surface area contributed by atoms with E-state index >= 15 is 0 Å². The molecule has 1 saturated heterocycles. The van der Waals surface area contributed by atoms with Gasteiger partial charge >= 0.3 is 0 Å². The summed E-state index contributed by atoms with van der Waals surface area (Å²) in [6, 6.07) is 12.1. The van der Waals surface area contributed by atoms with Gasteiger partial charge in [0.15, 0.2) is 0 Å². The van der Waals surface area contributed by atoms with E-state index < -0.39 is 0 Å². The molecule has 1 fully saturated rings. The molecule has 1 amide bonds. The molecule has 1 aromatic heterocycles. The van der Waals surface area contributed by atoms with Crippen molar-refractivity contribution >= 4 is 27.5 Å². The number of hydrogen-bond donors (Lipinski definition) is 1. The van der Waals surface area contributed by atoms with Crippen LogP contribution in [-0.2, 0) is 10.2 Å². The van der Waals surface area contributed by atoms with E-state index in [-0.39, 0.29) is 17.1 Å². The summed E-state index contributed by atoms with van der Waals surface area (Å²) < 4.78 is 19.8. The van der Waals surface area contributed by atoms with Gasteiger partial charge in [-0.3, -0.25) is 4.79 Å². The lowest BCUT2D eigenvalue weighted by Crippen LogP contribution is -2.44. The largest absolute Gasteiger partial charge is 0.381 e.